The van der Waals surface area contributed by atoms with Gasteiger partial charge in [0.25, 0.3) is 0 Å². The molecule has 1 saturated carbocycles. The van der Waals surface area contributed by atoms with Crippen LogP contribution in [0.5, 0.6) is 0 Å². The summed E-state index contributed by atoms with van der Waals surface area (Å²) in [5.74, 6) is 1.56. The van der Waals surface area contributed by atoms with Crippen LogP contribution in [0.4, 0.5) is 0 Å². The molecule has 1 atom stereocenters. The molecule has 2 aliphatic rings. The highest BCUT2D eigenvalue weighted by molar-refractivity contribution is 5.79. The number of amides is 1. The molecule has 28 heavy (non-hydrogen) atoms. The summed E-state index contributed by atoms with van der Waals surface area (Å²) >= 11 is 0. The van der Waals surface area contributed by atoms with Crippen LogP contribution in [-0.2, 0) is 11.3 Å². The first-order valence-corrected chi connectivity index (χ1v) is 10.4. The predicted molar refractivity (Wildman–Crippen MR) is 111 cm³/mol. The molecule has 4 rings (SSSR count). The zero-order valence-electron chi connectivity index (χ0n) is 17.0. The SMILES string of the molecule is Cc1cccc(-c2ncc(CN(C)C[C@H]3CC(=O)N(C4CCCC4)C3)cn2)c1. The largest absolute Gasteiger partial charge is 0.339 e. The highest BCUT2D eigenvalue weighted by Crippen LogP contribution is 2.29. The molecule has 2 aromatic rings. The lowest BCUT2D eigenvalue weighted by Gasteiger charge is -2.25. The van der Waals surface area contributed by atoms with Gasteiger partial charge >= 0.3 is 0 Å². The van der Waals surface area contributed by atoms with E-state index in [1.807, 2.05) is 24.5 Å². The molecule has 1 aliphatic heterocycles. The lowest BCUT2D eigenvalue weighted by Crippen LogP contribution is -2.35. The van der Waals surface area contributed by atoms with E-state index in [0.717, 1.165) is 36.6 Å². The van der Waals surface area contributed by atoms with Crippen LogP contribution in [0.2, 0.25) is 0 Å². The van der Waals surface area contributed by atoms with Crippen molar-refractivity contribution in [2.75, 3.05) is 20.1 Å². The van der Waals surface area contributed by atoms with Crippen molar-refractivity contribution in [2.24, 2.45) is 5.92 Å². The number of carbonyl (C=O) groups excluding carboxylic acids is 1. The van der Waals surface area contributed by atoms with Gasteiger partial charge < -0.3 is 9.80 Å². The van der Waals surface area contributed by atoms with Crippen LogP contribution in [0.25, 0.3) is 11.4 Å². The standard InChI is InChI=1S/C23H30N4O/c1-17-6-5-7-20(10-17)23-24-12-19(13-25-23)15-26(2)14-18-11-22(28)27(16-18)21-8-3-4-9-21/h5-7,10,12-13,18,21H,3-4,8-9,11,14-16H2,1-2H3/t18-/m1/s1. The van der Waals surface area contributed by atoms with E-state index < -0.39 is 0 Å². The van der Waals surface area contributed by atoms with Gasteiger partial charge in [-0.25, -0.2) is 9.97 Å². The molecule has 0 radical (unpaired) electrons. The van der Waals surface area contributed by atoms with Crippen LogP contribution >= 0.6 is 0 Å². The van der Waals surface area contributed by atoms with Crippen LogP contribution in [-0.4, -0.2) is 51.9 Å². The fourth-order valence-electron chi connectivity index (χ4n) is 4.69. The van der Waals surface area contributed by atoms with Crippen molar-refractivity contribution < 1.29 is 4.79 Å². The molecule has 1 amide bonds. The Hall–Kier alpha value is -2.27. The lowest BCUT2D eigenvalue weighted by molar-refractivity contribution is -0.129. The van der Waals surface area contributed by atoms with E-state index in [-0.39, 0.29) is 0 Å². The van der Waals surface area contributed by atoms with Crippen molar-refractivity contribution in [1.82, 2.24) is 19.8 Å². The number of benzene rings is 1. The summed E-state index contributed by atoms with van der Waals surface area (Å²) in [5, 5.41) is 0. The van der Waals surface area contributed by atoms with Crippen molar-refractivity contribution in [1.29, 1.82) is 0 Å². The molecule has 0 spiro atoms. The van der Waals surface area contributed by atoms with E-state index in [0.29, 0.717) is 24.3 Å². The summed E-state index contributed by atoms with van der Waals surface area (Å²) in [6.45, 7) is 4.75. The number of hydrogen-bond donors (Lipinski definition) is 0. The summed E-state index contributed by atoms with van der Waals surface area (Å²) in [4.78, 5) is 25.9. The Balaban J connectivity index is 1.31. The Morgan fingerprint density at radius 3 is 2.64 bits per heavy atom. The molecule has 2 heterocycles. The monoisotopic (exact) mass is 378 g/mol. The molecular formula is C23H30N4O. The molecule has 0 bridgehead atoms. The van der Waals surface area contributed by atoms with Crippen LogP contribution in [0.1, 0.15) is 43.2 Å². The first-order chi connectivity index (χ1) is 13.6. The average Bonchev–Trinajstić information content (AvgIpc) is 3.32. The van der Waals surface area contributed by atoms with E-state index in [2.05, 4.69) is 45.9 Å². The molecule has 1 aliphatic carbocycles. The Morgan fingerprint density at radius 1 is 1.18 bits per heavy atom. The Bertz CT molecular complexity index is 814. The highest BCUT2D eigenvalue weighted by Gasteiger charge is 2.35. The van der Waals surface area contributed by atoms with Crippen LogP contribution < -0.4 is 0 Å². The molecular weight excluding hydrogens is 348 g/mol. The van der Waals surface area contributed by atoms with Crippen molar-refractivity contribution in [3.05, 3.63) is 47.8 Å². The summed E-state index contributed by atoms with van der Waals surface area (Å²) in [5.41, 5.74) is 3.37. The number of hydrogen-bond acceptors (Lipinski definition) is 4. The molecule has 5 nitrogen and oxygen atoms in total. The zero-order chi connectivity index (χ0) is 19.5. The third-order valence-corrected chi connectivity index (χ3v) is 6.01. The van der Waals surface area contributed by atoms with E-state index in [9.17, 15) is 4.79 Å². The Morgan fingerprint density at radius 2 is 1.93 bits per heavy atom. The number of carbonyl (C=O) groups is 1. The smallest absolute Gasteiger partial charge is 0.223 e. The first-order valence-electron chi connectivity index (χ1n) is 10.4. The van der Waals surface area contributed by atoms with Crippen LogP contribution in [0.15, 0.2) is 36.7 Å². The number of rotatable bonds is 6. The van der Waals surface area contributed by atoms with Gasteiger partial charge in [-0.15, -0.1) is 0 Å². The van der Waals surface area contributed by atoms with Gasteiger partial charge in [0.2, 0.25) is 5.91 Å². The van der Waals surface area contributed by atoms with Crippen molar-refractivity contribution in [3.63, 3.8) is 0 Å². The minimum Gasteiger partial charge on any atom is -0.339 e. The second-order valence-electron chi connectivity index (χ2n) is 8.54. The van der Waals surface area contributed by atoms with Gasteiger partial charge in [0, 0.05) is 55.6 Å². The van der Waals surface area contributed by atoms with E-state index in [1.54, 1.807) is 0 Å². The number of nitrogens with zero attached hydrogens (tertiary/aromatic N) is 4. The zero-order valence-corrected chi connectivity index (χ0v) is 17.0. The molecule has 1 aromatic heterocycles. The lowest BCUT2D eigenvalue weighted by atomic mass is 10.1. The van der Waals surface area contributed by atoms with Crippen molar-refractivity contribution >= 4 is 5.91 Å². The summed E-state index contributed by atoms with van der Waals surface area (Å²) in [7, 11) is 2.12. The average molecular weight is 379 g/mol. The number of aromatic nitrogens is 2. The third kappa shape index (κ3) is 4.41. The molecule has 2 fully saturated rings. The summed E-state index contributed by atoms with van der Waals surface area (Å²) in [6.07, 6.45) is 9.48. The quantitative estimate of drug-likeness (QED) is 0.769. The predicted octanol–water partition coefficient (Wildman–Crippen LogP) is 3.67. The minimum atomic E-state index is 0.358. The van der Waals surface area contributed by atoms with Gasteiger partial charge in [0.15, 0.2) is 5.82 Å². The van der Waals surface area contributed by atoms with Gasteiger partial charge in [-0.3, -0.25) is 4.79 Å². The maximum atomic E-state index is 12.4. The number of likely N-dealkylation sites (tertiary alicyclic amines) is 1. The highest BCUT2D eigenvalue weighted by atomic mass is 16.2. The Kier molecular flexibility index (Phi) is 5.72. The van der Waals surface area contributed by atoms with Crippen molar-refractivity contribution in [2.45, 2.75) is 51.6 Å². The number of aryl methyl sites for hydroxylation is 1. The second kappa shape index (κ2) is 8.39. The molecule has 0 N–H and O–H groups in total. The fourth-order valence-corrected chi connectivity index (χ4v) is 4.69. The van der Waals surface area contributed by atoms with E-state index in [1.165, 1.54) is 31.2 Å². The molecule has 1 aromatic carbocycles. The molecule has 0 unspecified atom stereocenters. The van der Waals surface area contributed by atoms with Gasteiger partial charge in [-0.2, -0.15) is 0 Å². The van der Waals surface area contributed by atoms with Gasteiger partial charge in [-0.1, -0.05) is 36.6 Å². The van der Waals surface area contributed by atoms with E-state index in [4.69, 9.17) is 0 Å². The minimum absolute atomic E-state index is 0.358. The first kappa shape index (κ1) is 19.1. The third-order valence-electron chi connectivity index (χ3n) is 6.01. The molecule has 148 valence electrons. The van der Waals surface area contributed by atoms with Crippen LogP contribution in [0.3, 0.4) is 0 Å². The fraction of sp³-hybridized carbons (Fsp3) is 0.522. The molecule has 5 heteroatoms. The van der Waals surface area contributed by atoms with Crippen LogP contribution in [0, 0.1) is 12.8 Å². The maximum absolute atomic E-state index is 12.4. The van der Waals surface area contributed by atoms with Crippen molar-refractivity contribution in [3.8, 4) is 11.4 Å². The van der Waals surface area contributed by atoms with Gasteiger partial charge in [-0.05, 0) is 38.8 Å². The Labute approximate surface area is 167 Å². The maximum Gasteiger partial charge on any atom is 0.223 e. The molecule has 1 saturated heterocycles. The summed E-state index contributed by atoms with van der Waals surface area (Å²) < 4.78 is 0. The van der Waals surface area contributed by atoms with E-state index >= 15 is 0 Å². The topological polar surface area (TPSA) is 49.3 Å². The van der Waals surface area contributed by atoms with Gasteiger partial charge in [0.1, 0.15) is 0 Å². The normalized spacial score (nSPS) is 20.5. The van der Waals surface area contributed by atoms with Gasteiger partial charge in [0.05, 0.1) is 0 Å². The second-order valence-corrected chi connectivity index (χ2v) is 8.54. The summed E-state index contributed by atoms with van der Waals surface area (Å²) in [6, 6.07) is 8.77.